The number of benzene rings is 2. The fourth-order valence-electron chi connectivity index (χ4n) is 1.80. The van der Waals surface area contributed by atoms with Gasteiger partial charge < -0.3 is 4.74 Å². The summed E-state index contributed by atoms with van der Waals surface area (Å²) in [5.74, 6) is -0.463. The number of amides is 1. The lowest BCUT2D eigenvalue weighted by Gasteiger charge is -2.06. The van der Waals surface area contributed by atoms with Gasteiger partial charge in [-0.3, -0.25) is 14.9 Å². The van der Waals surface area contributed by atoms with E-state index in [9.17, 15) is 14.9 Å². The van der Waals surface area contributed by atoms with Crippen molar-refractivity contribution in [3.63, 3.8) is 0 Å². The number of rotatable bonds is 6. The highest BCUT2D eigenvalue weighted by Gasteiger charge is 2.14. The van der Waals surface area contributed by atoms with E-state index >= 15 is 0 Å². The third kappa shape index (κ3) is 4.63. The van der Waals surface area contributed by atoms with Gasteiger partial charge in [0.1, 0.15) is 0 Å². The Morgan fingerprint density at radius 2 is 1.83 bits per heavy atom. The van der Waals surface area contributed by atoms with Crippen LogP contribution in [-0.4, -0.2) is 23.1 Å². The van der Waals surface area contributed by atoms with Crippen LogP contribution in [0.5, 0.6) is 5.75 Å². The highest BCUT2D eigenvalue weighted by Crippen LogP contribution is 2.25. The van der Waals surface area contributed by atoms with Crippen molar-refractivity contribution in [2.45, 2.75) is 6.92 Å². The van der Waals surface area contributed by atoms with Crippen molar-refractivity contribution in [2.24, 2.45) is 5.10 Å². The van der Waals surface area contributed by atoms with Gasteiger partial charge in [0.25, 0.3) is 5.91 Å². The lowest BCUT2D eigenvalue weighted by atomic mass is 10.1. The maximum atomic E-state index is 11.7. The number of nitro benzene ring substituents is 1. The van der Waals surface area contributed by atoms with Gasteiger partial charge in [-0.15, -0.1) is 0 Å². The standard InChI is InChI=1S/C16H15N3O4/c1-12(13-7-3-2-4-8-13)17-18-16(20)11-23-15-10-6-5-9-14(15)19(21)22/h2-10H,11H2,1H3,(H,18,20)/b17-12-. The number of nitro groups is 1. The van der Waals surface area contributed by atoms with E-state index in [-0.39, 0.29) is 18.0 Å². The van der Waals surface area contributed by atoms with Crippen molar-refractivity contribution in [3.8, 4) is 5.75 Å². The Labute approximate surface area is 132 Å². The van der Waals surface area contributed by atoms with E-state index in [2.05, 4.69) is 10.5 Å². The minimum atomic E-state index is -0.565. The van der Waals surface area contributed by atoms with Crippen molar-refractivity contribution < 1.29 is 14.5 Å². The number of nitrogens with zero attached hydrogens (tertiary/aromatic N) is 2. The zero-order valence-corrected chi connectivity index (χ0v) is 12.4. The molecule has 7 nitrogen and oxygen atoms in total. The second-order valence-electron chi connectivity index (χ2n) is 4.61. The molecule has 0 atom stereocenters. The maximum Gasteiger partial charge on any atom is 0.310 e. The summed E-state index contributed by atoms with van der Waals surface area (Å²) in [6.07, 6.45) is 0. The lowest BCUT2D eigenvalue weighted by molar-refractivity contribution is -0.385. The first-order chi connectivity index (χ1) is 11.1. The van der Waals surface area contributed by atoms with E-state index in [4.69, 9.17) is 4.74 Å². The van der Waals surface area contributed by atoms with E-state index in [1.54, 1.807) is 13.0 Å². The van der Waals surface area contributed by atoms with E-state index < -0.39 is 10.8 Å². The summed E-state index contributed by atoms with van der Waals surface area (Å²) in [7, 11) is 0. The largest absolute Gasteiger partial charge is 0.477 e. The Kier molecular flexibility index (Phi) is 5.40. The normalized spacial score (nSPS) is 10.9. The predicted molar refractivity (Wildman–Crippen MR) is 85.4 cm³/mol. The summed E-state index contributed by atoms with van der Waals surface area (Å²) in [6.45, 7) is 1.40. The summed E-state index contributed by atoms with van der Waals surface area (Å²) in [6, 6.07) is 15.2. The molecule has 23 heavy (non-hydrogen) atoms. The number of para-hydroxylation sites is 2. The van der Waals surface area contributed by atoms with Gasteiger partial charge >= 0.3 is 5.69 Å². The van der Waals surface area contributed by atoms with Crippen LogP contribution in [0, 0.1) is 10.1 Å². The molecule has 2 aromatic rings. The number of hydrogen-bond acceptors (Lipinski definition) is 5. The van der Waals surface area contributed by atoms with Crippen molar-refractivity contribution in [2.75, 3.05) is 6.61 Å². The summed E-state index contributed by atoms with van der Waals surface area (Å²) in [5, 5.41) is 14.8. The number of hydrazone groups is 1. The fraction of sp³-hybridized carbons (Fsp3) is 0.125. The van der Waals surface area contributed by atoms with Crippen molar-refractivity contribution in [1.82, 2.24) is 5.43 Å². The van der Waals surface area contributed by atoms with Gasteiger partial charge in [-0.05, 0) is 18.6 Å². The molecule has 0 heterocycles. The second-order valence-corrected chi connectivity index (χ2v) is 4.61. The molecule has 2 aromatic carbocycles. The number of ether oxygens (including phenoxy) is 1. The molecule has 0 unspecified atom stereocenters. The molecular weight excluding hydrogens is 298 g/mol. The Balaban J connectivity index is 1.92. The smallest absolute Gasteiger partial charge is 0.310 e. The topological polar surface area (TPSA) is 93.8 Å². The molecule has 0 fully saturated rings. The first-order valence-electron chi connectivity index (χ1n) is 6.82. The number of carbonyl (C=O) groups excluding carboxylic acids is 1. The van der Waals surface area contributed by atoms with Crippen molar-refractivity contribution >= 4 is 17.3 Å². The highest BCUT2D eigenvalue weighted by molar-refractivity contribution is 5.99. The molecule has 0 saturated heterocycles. The van der Waals surface area contributed by atoms with Gasteiger partial charge in [-0.2, -0.15) is 5.10 Å². The first kappa shape index (κ1) is 16.2. The number of nitrogens with one attached hydrogen (secondary N) is 1. The first-order valence-corrected chi connectivity index (χ1v) is 6.82. The quantitative estimate of drug-likeness (QED) is 0.503. The molecule has 7 heteroatoms. The van der Waals surface area contributed by atoms with Crippen LogP contribution in [0.4, 0.5) is 5.69 Å². The van der Waals surface area contributed by atoms with Gasteiger partial charge in [0.15, 0.2) is 12.4 Å². The molecule has 0 aliphatic rings. The van der Waals surface area contributed by atoms with E-state index in [0.717, 1.165) is 5.56 Å². The van der Waals surface area contributed by atoms with Crippen LogP contribution in [0.2, 0.25) is 0 Å². The average Bonchev–Trinajstić information content (AvgIpc) is 2.58. The maximum absolute atomic E-state index is 11.7. The Morgan fingerprint density at radius 1 is 1.17 bits per heavy atom. The Bertz CT molecular complexity index is 729. The average molecular weight is 313 g/mol. The molecule has 1 N–H and O–H groups in total. The Hall–Kier alpha value is -3.22. The molecule has 0 aromatic heterocycles. The zero-order valence-electron chi connectivity index (χ0n) is 12.4. The van der Waals surface area contributed by atoms with Crippen LogP contribution >= 0.6 is 0 Å². The molecule has 0 radical (unpaired) electrons. The molecule has 0 bridgehead atoms. The lowest BCUT2D eigenvalue weighted by Crippen LogP contribution is -2.25. The molecule has 0 aliphatic heterocycles. The van der Waals surface area contributed by atoms with Crippen molar-refractivity contribution in [3.05, 3.63) is 70.3 Å². The van der Waals surface area contributed by atoms with Crippen molar-refractivity contribution in [1.29, 1.82) is 0 Å². The second kappa shape index (κ2) is 7.69. The number of carbonyl (C=O) groups is 1. The Morgan fingerprint density at radius 3 is 2.52 bits per heavy atom. The van der Waals surface area contributed by atoms with Gasteiger partial charge in [0.2, 0.25) is 0 Å². The van der Waals surface area contributed by atoms with Crippen LogP contribution in [0.1, 0.15) is 12.5 Å². The van der Waals surface area contributed by atoms with Crippen LogP contribution < -0.4 is 10.2 Å². The minimum Gasteiger partial charge on any atom is -0.477 e. The summed E-state index contributed by atoms with van der Waals surface area (Å²) >= 11 is 0. The van der Waals surface area contributed by atoms with Gasteiger partial charge in [0.05, 0.1) is 10.6 Å². The van der Waals surface area contributed by atoms with Gasteiger partial charge in [0, 0.05) is 6.07 Å². The third-order valence-electron chi connectivity index (χ3n) is 2.96. The monoisotopic (exact) mass is 313 g/mol. The third-order valence-corrected chi connectivity index (χ3v) is 2.96. The summed E-state index contributed by atoms with van der Waals surface area (Å²) < 4.78 is 5.18. The molecule has 118 valence electrons. The van der Waals surface area contributed by atoms with Crippen LogP contribution in [-0.2, 0) is 4.79 Å². The summed E-state index contributed by atoms with van der Waals surface area (Å²) in [4.78, 5) is 22.0. The minimum absolute atomic E-state index is 0.0383. The molecule has 0 aliphatic carbocycles. The predicted octanol–water partition coefficient (Wildman–Crippen LogP) is 2.51. The van der Waals surface area contributed by atoms with E-state index in [0.29, 0.717) is 5.71 Å². The van der Waals surface area contributed by atoms with Gasteiger partial charge in [-0.1, -0.05) is 42.5 Å². The molecular formula is C16H15N3O4. The van der Waals surface area contributed by atoms with E-state index in [1.165, 1.54) is 18.2 Å². The SMILES string of the molecule is C/C(=N/NC(=O)COc1ccccc1[N+](=O)[O-])c1ccccc1. The highest BCUT2D eigenvalue weighted by atomic mass is 16.6. The van der Waals surface area contributed by atoms with E-state index in [1.807, 2.05) is 30.3 Å². The molecule has 0 saturated carbocycles. The fourth-order valence-corrected chi connectivity index (χ4v) is 1.80. The van der Waals surface area contributed by atoms with Crippen LogP contribution in [0.3, 0.4) is 0 Å². The van der Waals surface area contributed by atoms with Crippen LogP contribution in [0.25, 0.3) is 0 Å². The molecule has 1 amide bonds. The summed E-state index contributed by atoms with van der Waals surface area (Å²) in [5.41, 5.74) is 3.69. The van der Waals surface area contributed by atoms with Gasteiger partial charge in [-0.25, -0.2) is 5.43 Å². The number of hydrogen-bond donors (Lipinski definition) is 1. The molecule has 2 rings (SSSR count). The zero-order chi connectivity index (χ0) is 16.7. The molecule has 0 spiro atoms. The van der Waals surface area contributed by atoms with Crippen LogP contribution in [0.15, 0.2) is 59.7 Å².